The molecule has 1 aliphatic heterocycles. The number of hydrogen-bond donors (Lipinski definition) is 1. The van der Waals surface area contributed by atoms with Crippen LogP contribution >= 0.6 is 0 Å². The van der Waals surface area contributed by atoms with Crippen LogP contribution in [0.15, 0.2) is 5.11 Å². The van der Waals surface area contributed by atoms with Gasteiger partial charge in [-0.2, -0.15) is 0 Å². The summed E-state index contributed by atoms with van der Waals surface area (Å²) in [5, 5.41) is 12.3. The molecule has 19 heavy (non-hydrogen) atoms. The van der Waals surface area contributed by atoms with Crippen molar-refractivity contribution in [2.24, 2.45) is 11.0 Å². The Kier molecular flexibility index (Phi) is 4.61. The quantitative estimate of drug-likeness (QED) is 0.479. The van der Waals surface area contributed by atoms with Gasteiger partial charge < -0.3 is 14.7 Å². The average molecular weight is 270 g/mol. The van der Waals surface area contributed by atoms with E-state index in [0.717, 1.165) is 0 Å². The van der Waals surface area contributed by atoms with E-state index < -0.39 is 23.7 Å². The number of carbonyl (C=O) groups is 2. The molecule has 8 nitrogen and oxygen atoms in total. The number of amides is 1. The lowest BCUT2D eigenvalue weighted by Crippen LogP contribution is -2.37. The first-order valence-corrected chi connectivity index (χ1v) is 5.99. The predicted octanol–water partition coefficient (Wildman–Crippen LogP) is 2.01. The van der Waals surface area contributed by atoms with Crippen molar-refractivity contribution in [1.29, 1.82) is 0 Å². The zero-order chi connectivity index (χ0) is 14.6. The van der Waals surface area contributed by atoms with Gasteiger partial charge >= 0.3 is 12.1 Å². The molecule has 1 rings (SSSR count). The van der Waals surface area contributed by atoms with E-state index in [9.17, 15) is 9.59 Å². The van der Waals surface area contributed by atoms with Crippen molar-refractivity contribution in [1.82, 2.24) is 4.90 Å². The van der Waals surface area contributed by atoms with Gasteiger partial charge in [0, 0.05) is 18.0 Å². The van der Waals surface area contributed by atoms with E-state index in [2.05, 4.69) is 10.0 Å². The van der Waals surface area contributed by atoms with Crippen molar-refractivity contribution >= 4 is 12.1 Å². The summed E-state index contributed by atoms with van der Waals surface area (Å²) in [6.45, 7) is 5.92. The standard InChI is InChI=1S/C11H18N4O4/c1-11(2,3)19-10(18)15-5-4-7(6-15)8(9(16)17)13-14-12/h7-8H,4-6H2,1-3H3,(H,16,17). The fraction of sp³-hybridized carbons (Fsp3) is 0.818. The van der Waals surface area contributed by atoms with E-state index in [4.69, 9.17) is 15.4 Å². The molecule has 1 fully saturated rings. The molecule has 1 saturated heterocycles. The van der Waals surface area contributed by atoms with Gasteiger partial charge in [-0.15, -0.1) is 0 Å². The summed E-state index contributed by atoms with van der Waals surface area (Å²) in [6, 6.07) is -1.14. The Balaban J connectivity index is 2.65. The number of nitrogens with zero attached hydrogens (tertiary/aromatic N) is 4. The number of aliphatic carboxylic acids is 1. The van der Waals surface area contributed by atoms with Crippen molar-refractivity contribution in [2.45, 2.75) is 38.8 Å². The molecule has 0 bridgehead atoms. The zero-order valence-electron chi connectivity index (χ0n) is 11.2. The Morgan fingerprint density at radius 2 is 2.16 bits per heavy atom. The average Bonchev–Trinajstić information content (AvgIpc) is 2.72. The van der Waals surface area contributed by atoms with Crippen LogP contribution in [0.2, 0.25) is 0 Å². The Morgan fingerprint density at radius 3 is 2.63 bits per heavy atom. The highest BCUT2D eigenvalue weighted by molar-refractivity contribution is 5.74. The van der Waals surface area contributed by atoms with Crippen LogP contribution in [0.3, 0.4) is 0 Å². The van der Waals surface area contributed by atoms with E-state index >= 15 is 0 Å². The van der Waals surface area contributed by atoms with Crippen LogP contribution in [0.4, 0.5) is 4.79 Å². The Bertz CT molecular complexity index is 409. The smallest absolute Gasteiger partial charge is 0.410 e. The van der Waals surface area contributed by atoms with Crippen LogP contribution in [0, 0.1) is 5.92 Å². The number of carboxylic acids is 1. The van der Waals surface area contributed by atoms with Gasteiger partial charge in [0.15, 0.2) is 0 Å². The molecular formula is C11H18N4O4. The first kappa shape index (κ1) is 15.1. The minimum atomic E-state index is -1.17. The normalized spacial score (nSPS) is 20.6. The minimum absolute atomic E-state index is 0.227. The molecule has 106 valence electrons. The van der Waals surface area contributed by atoms with Crippen LogP contribution in [-0.2, 0) is 9.53 Å². The van der Waals surface area contributed by atoms with Crippen LogP contribution in [0.5, 0.6) is 0 Å². The molecule has 0 aromatic heterocycles. The molecule has 8 heteroatoms. The first-order chi connectivity index (χ1) is 8.74. The minimum Gasteiger partial charge on any atom is -0.481 e. The summed E-state index contributed by atoms with van der Waals surface area (Å²) < 4.78 is 5.21. The second-order valence-electron chi connectivity index (χ2n) is 5.46. The van der Waals surface area contributed by atoms with Gasteiger partial charge in [-0.05, 0) is 38.6 Å². The predicted molar refractivity (Wildman–Crippen MR) is 66.5 cm³/mol. The summed E-state index contributed by atoms with van der Waals surface area (Å²) in [7, 11) is 0. The van der Waals surface area contributed by atoms with Crippen molar-refractivity contribution in [3.05, 3.63) is 10.4 Å². The number of azide groups is 1. The van der Waals surface area contributed by atoms with Gasteiger partial charge in [0.2, 0.25) is 0 Å². The summed E-state index contributed by atoms with van der Waals surface area (Å²) >= 11 is 0. The second-order valence-corrected chi connectivity index (χ2v) is 5.46. The van der Waals surface area contributed by atoms with Crippen LogP contribution < -0.4 is 0 Å². The Hall–Kier alpha value is -1.95. The van der Waals surface area contributed by atoms with Crippen molar-refractivity contribution in [3.8, 4) is 0 Å². The molecule has 1 N–H and O–H groups in total. The summed E-state index contributed by atoms with van der Waals surface area (Å²) in [5.41, 5.74) is 7.77. The number of ether oxygens (including phenoxy) is 1. The first-order valence-electron chi connectivity index (χ1n) is 5.99. The third-order valence-corrected chi connectivity index (χ3v) is 2.75. The van der Waals surface area contributed by atoms with Crippen LogP contribution in [0.25, 0.3) is 10.4 Å². The number of rotatable bonds is 3. The molecule has 2 atom stereocenters. The van der Waals surface area contributed by atoms with Gasteiger partial charge in [0.25, 0.3) is 0 Å². The maximum absolute atomic E-state index is 11.8. The number of hydrogen-bond acceptors (Lipinski definition) is 4. The molecular weight excluding hydrogens is 252 g/mol. The molecule has 0 saturated carbocycles. The largest absolute Gasteiger partial charge is 0.481 e. The van der Waals surface area contributed by atoms with E-state index in [1.54, 1.807) is 20.8 Å². The third-order valence-electron chi connectivity index (χ3n) is 2.75. The van der Waals surface area contributed by atoms with Gasteiger partial charge in [0.1, 0.15) is 11.6 Å². The maximum atomic E-state index is 11.8. The molecule has 0 spiro atoms. The molecule has 0 radical (unpaired) electrons. The molecule has 2 unspecified atom stereocenters. The highest BCUT2D eigenvalue weighted by Gasteiger charge is 2.36. The van der Waals surface area contributed by atoms with E-state index in [-0.39, 0.29) is 12.5 Å². The van der Waals surface area contributed by atoms with Crippen LogP contribution in [-0.4, -0.2) is 46.8 Å². The van der Waals surface area contributed by atoms with E-state index in [1.165, 1.54) is 4.90 Å². The van der Waals surface area contributed by atoms with Gasteiger partial charge in [-0.25, -0.2) is 4.79 Å². The molecule has 0 aliphatic carbocycles. The van der Waals surface area contributed by atoms with E-state index in [1.807, 2.05) is 0 Å². The highest BCUT2D eigenvalue weighted by Crippen LogP contribution is 2.24. The second kappa shape index (κ2) is 5.79. The monoisotopic (exact) mass is 270 g/mol. The fourth-order valence-electron chi connectivity index (χ4n) is 1.94. The van der Waals surface area contributed by atoms with Gasteiger partial charge in [-0.3, -0.25) is 4.79 Å². The fourth-order valence-corrected chi connectivity index (χ4v) is 1.94. The number of carboxylic acid groups (broad SMARTS) is 1. The van der Waals surface area contributed by atoms with Crippen molar-refractivity contribution < 1.29 is 19.4 Å². The summed E-state index contributed by atoms with van der Waals surface area (Å²) in [6.07, 6.45) is 0.00923. The van der Waals surface area contributed by atoms with Crippen molar-refractivity contribution in [2.75, 3.05) is 13.1 Å². The molecule has 0 aromatic rings. The lowest BCUT2D eigenvalue weighted by Gasteiger charge is -2.24. The molecule has 0 aromatic carbocycles. The highest BCUT2D eigenvalue weighted by atomic mass is 16.6. The SMILES string of the molecule is CC(C)(C)OC(=O)N1CCC(C(N=[N+]=[N-])C(=O)O)C1. The topological polar surface area (TPSA) is 116 Å². The molecule has 1 heterocycles. The lowest BCUT2D eigenvalue weighted by molar-refractivity contribution is -0.139. The van der Waals surface area contributed by atoms with E-state index in [0.29, 0.717) is 13.0 Å². The molecule has 1 aliphatic rings. The third kappa shape index (κ3) is 4.33. The molecule has 1 amide bonds. The van der Waals surface area contributed by atoms with Crippen molar-refractivity contribution in [3.63, 3.8) is 0 Å². The number of carbonyl (C=O) groups excluding carboxylic acids is 1. The maximum Gasteiger partial charge on any atom is 0.410 e. The summed E-state index contributed by atoms with van der Waals surface area (Å²) in [5.74, 6) is -1.55. The van der Waals surface area contributed by atoms with Crippen LogP contribution in [0.1, 0.15) is 27.2 Å². The summed E-state index contributed by atoms with van der Waals surface area (Å²) in [4.78, 5) is 26.8. The number of likely N-dealkylation sites (tertiary alicyclic amines) is 1. The lowest BCUT2D eigenvalue weighted by atomic mass is 10.00. The Labute approximate surface area is 111 Å². The van der Waals surface area contributed by atoms with Gasteiger partial charge in [0.05, 0.1) is 0 Å². The zero-order valence-corrected chi connectivity index (χ0v) is 11.2. The Morgan fingerprint density at radius 1 is 1.53 bits per heavy atom. The van der Waals surface area contributed by atoms with Gasteiger partial charge in [-0.1, -0.05) is 5.11 Å².